The van der Waals surface area contributed by atoms with Gasteiger partial charge < -0.3 is 9.64 Å². The topological polar surface area (TPSA) is 28.6 Å². The highest BCUT2D eigenvalue weighted by atomic mass is 35.5. The van der Waals surface area contributed by atoms with Crippen molar-refractivity contribution in [2.24, 2.45) is 0 Å². The molecular weight excluding hydrogens is 334 g/mol. The molecule has 0 amide bonds. The lowest BCUT2D eigenvalue weighted by Crippen LogP contribution is -2.42. The first-order valence-corrected chi connectivity index (χ1v) is 9.54. The van der Waals surface area contributed by atoms with Gasteiger partial charge in [0.05, 0.1) is 6.20 Å². The van der Waals surface area contributed by atoms with Crippen LogP contribution in [0.2, 0.25) is 5.02 Å². The van der Waals surface area contributed by atoms with Crippen molar-refractivity contribution in [1.82, 2.24) is 9.88 Å². The van der Waals surface area contributed by atoms with E-state index < -0.39 is 0 Å². The van der Waals surface area contributed by atoms with Crippen molar-refractivity contribution in [3.05, 3.63) is 47.6 Å². The summed E-state index contributed by atoms with van der Waals surface area (Å²) in [5.41, 5.74) is 0. The number of ether oxygens (including phenoxy) is 1. The number of pyridine rings is 1. The third-order valence-corrected chi connectivity index (χ3v) is 5.43. The van der Waals surface area contributed by atoms with Gasteiger partial charge in [-0.2, -0.15) is 0 Å². The molecule has 1 saturated carbocycles. The second-order valence-corrected chi connectivity index (χ2v) is 7.31. The number of hydrogen-bond donors (Lipinski definition) is 0. The second-order valence-electron chi connectivity index (χ2n) is 6.87. The molecule has 1 aromatic heterocycles. The van der Waals surface area contributed by atoms with E-state index in [1.165, 1.54) is 32.2 Å². The van der Waals surface area contributed by atoms with E-state index in [0.29, 0.717) is 5.02 Å². The van der Waals surface area contributed by atoms with E-state index in [1.807, 2.05) is 24.3 Å². The molecule has 2 aromatic rings. The molecule has 1 aliphatic carbocycles. The van der Waals surface area contributed by atoms with Crippen LogP contribution in [0, 0.1) is 0 Å². The van der Waals surface area contributed by atoms with Gasteiger partial charge in [0.2, 0.25) is 0 Å². The summed E-state index contributed by atoms with van der Waals surface area (Å²) in [7, 11) is 0. The lowest BCUT2D eigenvalue weighted by Gasteiger charge is -2.36. The first-order valence-electron chi connectivity index (χ1n) is 9.16. The van der Waals surface area contributed by atoms with Crippen LogP contribution in [0.15, 0.2) is 42.6 Å². The number of aromatic nitrogens is 1. The van der Waals surface area contributed by atoms with Crippen LogP contribution >= 0.6 is 11.6 Å². The molecule has 0 N–H and O–H groups in total. The molecule has 0 atom stereocenters. The molecule has 2 aliphatic rings. The van der Waals surface area contributed by atoms with E-state index in [9.17, 15) is 0 Å². The van der Waals surface area contributed by atoms with Gasteiger partial charge in [-0.1, -0.05) is 24.1 Å². The molecular formula is C20H24ClN3O. The van der Waals surface area contributed by atoms with E-state index in [-0.39, 0.29) is 0 Å². The van der Waals surface area contributed by atoms with E-state index in [0.717, 1.165) is 43.0 Å². The summed E-state index contributed by atoms with van der Waals surface area (Å²) in [6, 6.07) is 12.3. The smallest absolute Gasteiger partial charge is 0.145 e. The minimum atomic E-state index is 0.669. The van der Waals surface area contributed by atoms with Crippen LogP contribution in [-0.2, 0) is 0 Å². The molecule has 0 radical (unpaired) electrons. The Kier molecular flexibility index (Phi) is 5.09. The Bertz CT molecular complexity index is 702. The van der Waals surface area contributed by atoms with Gasteiger partial charge >= 0.3 is 0 Å². The summed E-state index contributed by atoms with van der Waals surface area (Å²) in [5.74, 6) is 2.50. The number of rotatable bonds is 4. The average molecular weight is 358 g/mol. The predicted octanol–water partition coefficient (Wildman–Crippen LogP) is 4.59. The van der Waals surface area contributed by atoms with Crippen LogP contribution in [0.3, 0.4) is 0 Å². The largest absolute Gasteiger partial charge is 0.456 e. The molecule has 0 unspecified atom stereocenters. The molecule has 4 nitrogen and oxygen atoms in total. The van der Waals surface area contributed by atoms with Gasteiger partial charge in [-0.25, -0.2) is 4.98 Å². The monoisotopic (exact) mass is 357 g/mol. The fourth-order valence-electron chi connectivity index (χ4n) is 3.57. The lowest BCUT2D eigenvalue weighted by molar-refractivity contribution is 0.136. The van der Waals surface area contributed by atoms with Gasteiger partial charge in [0.15, 0.2) is 0 Å². The van der Waals surface area contributed by atoms with Crippen molar-refractivity contribution in [3.8, 4) is 11.5 Å². The average Bonchev–Trinajstić information content (AvgIpc) is 2.80. The number of halogens is 1. The summed E-state index contributed by atoms with van der Waals surface area (Å²) >= 11 is 6.00. The standard InChI is InChI=1S/C20H24ClN3O/c21-16-4-1-7-18(14-16)25-19-8-9-20(22-15-19)24-11-3-10-23(12-13-24)17-5-2-6-17/h1,4,7-9,14-15,17H,2-3,5-6,10-13H2. The normalized spacial score (nSPS) is 19.3. The van der Waals surface area contributed by atoms with Crippen molar-refractivity contribution < 1.29 is 4.74 Å². The van der Waals surface area contributed by atoms with Crippen LogP contribution < -0.4 is 9.64 Å². The Morgan fingerprint density at radius 3 is 2.60 bits per heavy atom. The summed E-state index contributed by atoms with van der Waals surface area (Å²) in [6.45, 7) is 4.49. The number of nitrogens with zero attached hydrogens (tertiary/aromatic N) is 3. The maximum Gasteiger partial charge on any atom is 0.145 e. The third-order valence-electron chi connectivity index (χ3n) is 5.20. The molecule has 5 heteroatoms. The Labute approximate surface area is 154 Å². The Hall–Kier alpha value is -1.78. The molecule has 1 aliphatic heterocycles. The SMILES string of the molecule is Clc1cccc(Oc2ccc(N3CCCN(C4CCC4)CC3)nc2)c1. The highest BCUT2D eigenvalue weighted by Crippen LogP contribution is 2.27. The molecule has 1 aromatic carbocycles. The zero-order chi connectivity index (χ0) is 17.1. The van der Waals surface area contributed by atoms with Crippen molar-refractivity contribution in [2.75, 3.05) is 31.1 Å². The minimum absolute atomic E-state index is 0.669. The molecule has 25 heavy (non-hydrogen) atoms. The Morgan fingerprint density at radius 2 is 1.88 bits per heavy atom. The van der Waals surface area contributed by atoms with Crippen LogP contribution in [-0.4, -0.2) is 42.1 Å². The minimum Gasteiger partial charge on any atom is -0.456 e. The van der Waals surface area contributed by atoms with Gasteiger partial charge in [0.1, 0.15) is 17.3 Å². The Balaban J connectivity index is 1.38. The van der Waals surface area contributed by atoms with E-state index in [4.69, 9.17) is 16.3 Å². The predicted molar refractivity (Wildman–Crippen MR) is 102 cm³/mol. The molecule has 4 rings (SSSR count). The maximum absolute atomic E-state index is 6.00. The van der Waals surface area contributed by atoms with Crippen LogP contribution in [0.5, 0.6) is 11.5 Å². The molecule has 0 spiro atoms. The zero-order valence-corrected chi connectivity index (χ0v) is 15.2. The zero-order valence-electron chi connectivity index (χ0n) is 14.4. The van der Waals surface area contributed by atoms with E-state index in [1.54, 1.807) is 12.3 Å². The molecule has 132 valence electrons. The van der Waals surface area contributed by atoms with Gasteiger partial charge in [0.25, 0.3) is 0 Å². The third kappa shape index (κ3) is 4.07. The van der Waals surface area contributed by atoms with Gasteiger partial charge in [-0.3, -0.25) is 4.90 Å². The van der Waals surface area contributed by atoms with Crippen molar-refractivity contribution in [3.63, 3.8) is 0 Å². The highest BCUT2D eigenvalue weighted by molar-refractivity contribution is 6.30. The molecule has 2 heterocycles. The Morgan fingerprint density at radius 1 is 0.960 bits per heavy atom. The van der Waals surface area contributed by atoms with Crippen molar-refractivity contribution in [1.29, 1.82) is 0 Å². The number of hydrogen-bond acceptors (Lipinski definition) is 4. The molecule has 2 fully saturated rings. The maximum atomic E-state index is 6.00. The highest BCUT2D eigenvalue weighted by Gasteiger charge is 2.26. The van der Waals surface area contributed by atoms with Gasteiger partial charge in [-0.05, 0) is 49.6 Å². The summed E-state index contributed by atoms with van der Waals surface area (Å²) < 4.78 is 5.82. The van der Waals surface area contributed by atoms with Crippen LogP contribution in [0.25, 0.3) is 0 Å². The lowest BCUT2D eigenvalue weighted by atomic mass is 9.91. The van der Waals surface area contributed by atoms with Crippen LogP contribution in [0.4, 0.5) is 5.82 Å². The fraction of sp³-hybridized carbons (Fsp3) is 0.450. The van der Waals surface area contributed by atoms with Gasteiger partial charge in [0, 0.05) is 37.2 Å². The quantitative estimate of drug-likeness (QED) is 0.800. The van der Waals surface area contributed by atoms with Crippen molar-refractivity contribution in [2.45, 2.75) is 31.7 Å². The first kappa shape index (κ1) is 16.7. The van der Waals surface area contributed by atoms with E-state index in [2.05, 4.69) is 20.9 Å². The second kappa shape index (κ2) is 7.63. The van der Waals surface area contributed by atoms with Gasteiger partial charge in [-0.15, -0.1) is 0 Å². The summed E-state index contributed by atoms with van der Waals surface area (Å²) in [6.07, 6.45) is 7.17. The number of anilines is 1. The van der Waals surface area contributed by atoms with Crippen LogP contribution in [0.1, 0.15) is 25.7 Å². The first-order chi connectivity index (χ1) is 12.3. The summed E-state index contributed by atoms with van der Waals surface area (Å²) in [4.78, 5) is 9.67. The fourth-order valence-corrected chi connectivity index (χ4v) is 3.75. The van der Waals surface area contributed by atoms with E-state index >= 15 is 0 Å². The van der Waals surface area contributed by atoms with Crippen molar-refractivity contribution >= 4 is 17.4 Å². The molecule has 1 saturated heterocycles. The molecule has 0 bridgehead atoms. The summed E-state index contributed by atoms with van der Waals surface area (Å²) in [5, 5.41) is 0.669. The number of benzene rings is 1.